The molecule has 1 heterocycles. The summed E-state index contributed by atoms with van der Waals surface area (Å²) < 4.78 is 44.8. The van der Waals surface area contributed by atoms with Gasteiger partial charge in [0.1, 0.15) is 5.75 Å². The van der Waals surface area contributed by atoms with Crippen molar-refractivity contribution in [2.75, 3.05) is 23.5 Å². The van der Waals surface area contributed by atoms with E-state index >= 15 is 0 Å². The highest BCUT2D eigenvalue weighted by Crippen LogP contribution is 2.33. The normalized spacial score (nSPS) is 11.1. The Morgan fingerprint density at radius 2 is 1.77 bits per heavy atom. The molecule has 3 rings (SSSR count). The van der Waals surface area contributed by atoms with E-state index in [0.29, 0.717) is 15.8 Å². The highest BCUT2D eigenvalue weighted by molar-refractivity contribution is 8.01. The number of carbonyl (C=O) groups excluding carboxylic acids is 2. The van der Waals surface area contributed by atoms with Gasteiger partial charge in [0.25, 0.3) is 5.91 Å². The predicted octanol–water partition coefficient (Wildman–Crippen LogP) is 4.55. The van der Waals surface area contributed by atoms with E-state index in [9.17, 15) is 22.8 Å². The summed E-state index contributed by atoms with van der Waals surface area (Å²) in [5, 5.41) is 12.6. The maximum atomic E-state index is 13.1. The van der Waals surface area contributed by atoms with E-state index in [2.05, 4.69) is 20.8 Å². The van der Waals surface area contributed by atoms with Crippen LogP contribution in [0.25, 0.3) is 0 Å². The second kappa shape index (κ2) is 9.79. The zero-order chi connectivity index (χ0) is 22.4. The van der Waals surface area contributed by atoms with Gasteiger partial charge < -0.3 is 10.1 Å². The van der Waals surface area contributed by atoms with E-state index < -0.39 is 23.2 Å². The average Bonchev–Trinajstić information content (AvgIpc) is 3.19. The van der Waals surface area contributed by atoms with Crippen LogP contribution in [-0.4, -0.2) is 34.9 Å². The monoisotopic (exact) mass is 468 g/mol. The largest absolute Gasteiger partial charge is 0.495 e. The molecule has 0 aliphatic rings. The molecular formula is C19H15F3N4O3S2. The highest BCUT2D eigenvalue weighted by atomic mass is 32.2. The van der Waals surface area contributed by atoms with Crippen LogP contribution in [0.15, 0.2) is 52.9 Å². The van der Waals surface area contributed by atoms with Crippen LogP contribution < -0.4 is 15.4 Å². The van der Waals surface area contributed by atoms with Crippen LogP contribution in [0.5, 0.6) is 5.75 Å². The lowest BCUT2D eigenvalue weighted by Gasteiger charge is -2.11. The smallest absolute Gasteiger partial charge is 0.417 e. The molecule has 162 valence electrons. The number of hydrogen-bond donors (Lipinski definition) is 2. The zero-order valence-electron chi connectivity index (χ0n) is 15.9. The van der Waals surface area contributed by atoms with Crippen LogP contribution >= 0.6 is 23.1 Å². The molecule has 2 N–H and O–H groups in total. The molecule has 0 aliphatic carbocycles. The Balaban J connectivity index is 1.59. The number of nitrogens with zero attached hydrogens (tertiary/aromatic N) is 2. The molecule has 31 heavy (non-hydrogen) atoms. The Bertz CT molecular complexity index is 1090. The number of aromatic nitrogens is 2. The minimum Gasteiger partial charge on any atom is -0.495 e. The first-order valence-electron chi connectivity index (χ1n) is 8.64. The second-order valence-electron chi connectivity index (χ2n) is 5.91. The third-order valence-corrected chi connectivity index (χ3v) is 5.78. The summed E-state index contributed by atoms with van der Waals surface area (Å²) in [6.07, 6.45) is -4.66. The van der Waals surface area contributed by atoms with Crippen molar-refractivity contribution in [3.8, 4) is 5.75 Å². The number of alkyl halides is 3. The van der Waals surface area contributed by atoms with Crippen LogP contribution in [0.3, 0.4) is 0 Å². The SMILES string of the molecule is COc1ccccc1NC(=O)CSc1nnc(NC(=O)c2ccccc2C(F)(F)F)s1. The minimum absolute atomic E-state index is 0.0114. The minimum atomic E-state index is -4.66. The highest BCUT2D eigenvalue weighted by Gasteiger charge is 2.35. The van der Waals surface area contributed by atoms with E-state index in [1.165, 1.54) is 19.2 Å². The van der Waals surface area contributed by atoms with E-state index in [0.717, 1.165) is 35.2 Å². The van der Waals surface area contributed by atoms with Crippen molar-refractivity contribution in [1.29, 1.82) is 0 Å². The number of nitrogens with one attached hydrogen (secondary N) is 2. The molecule has 0 unspecified atom stereocenters. The van der Waals surface area contributed by atoms with Gasteiger partial charge >= 0.3 is 6.18 Å². The van der Waals surface area contributed by atoms with Gasteiger partial charge in [-0.1, -0.05) is 47.4 Å². The third kappa shape index (κ3) is 5.95. The first kappa shape index (κ1) is 22.6. The molecule has 3 aromatic rings. The van der Waals surface area contributed by atoms with Gasteiger partial charge in [-0.3, -0.25) is 14.9 Å². The first-order valence-corrected chi connectivity index (χ1v) is 10.4. The van der Waals surface area contributed by atoms with Gasteiger partial charge in [0, 0.05) is 0 Å². The van der Waals surface area contributed by atoms with Crippen LogP contribution in [-0.2, 0) is 11.0 Å². The molecule has 0 radical (unpaired) electrons. The number of rotatable bonds is 7. The number of para-hydroxylation sites is 2. The number of methoxy groups -OCH3 is 1. The molecule has 2 amide bonds. The summed E-state index contributed by atoms with van der Waals surface area (Å²) in [7, 11) is 1.49. The molecule has 0 saturated heterocycles. The number of amides is 2. The third-order valence-electron chi connectivity index (χ3n) is 3.81. The van der Waals surface area contributed by atoms with Gasteiger partial charge in [-0.15, -0.1) is 10.2 Å². The van der Waals surface area contributed by atoms with Crippen molar-refractivity contribution in [1.82, 2.24) is 10.2 Å². The molecule has 0 bridgehead atoms. The van der Waals surface area contributed by atoms with Crippen LogP contribution in [0.4, 0.5) is 24.0 Å². The fourth-order valence-corrected chi connectivity index (χ4v) is 4.02. The number of halogens is 3. The summed E-state index contributed by atoms with van der Waals surface area (Å²) in [5.41, 5.74) is -1.04. The maximum Gasteiger partial charge on any atom is 0.417 e. The molecule has 0 spiro atoms. The van der Waals surface area contributed by atoms with Crippen molar-refractivity contribution in [2.24, 2.45) is 0 Å². The number of benzene rings is 2. The molecule has 0 saturated carbocycles. The summed E-state index contributed by atoms with van der Waals surface area (Å²) >= 11 is 2.02. The van der Waals surface area contributed by atoms with Crippen LogP contribution in [0, 0.1) is 0 Å². The molecule has 0 atom stereocenters. The van der Waals surface area contributed by atoms with E-state index in [1.54, 1.807) is 24.3 Å². The number of ether oxygens (including phenoxy) is 1. The predicted molar refractivity (Wildman–Crippen MR) is 112 cm³/mol. The Morgan fingerprint density at radius 1 is 1.06 bits per heavy atom. The van der Waals surface area contributed by atoms with Gasteiger partial charge in [-0.05, 0) is 24.3 Å². The quantitative estimate of drug-likeness (QED) is 0.390. The average molecular weight is 468 g/mol. The molecular weight excluding hydrogens is 453 g/mol. The van der Waals surface area contributed by atoms with Crippen molar-refractivity contribution >= 4 is 45.7 Å². The lowest BCUT2D eigenvalue weighted by molar-refractivity contribution is -0.137. The van der Waals surface area contributed by atoms with Crippen LogP contribution in [0.1, 0.15) is 15.9 Å². The molecule has 2 aromatic carbocycles. The van der Waals surface area contributed by atoms with Gasteiger partial charge in [-0.25, -0.2) is 0 Å². The van der Waals surface area contributed by atoms with E-state index in [-0.39, 0.29) is 16.8 Å². The summed E-state index contributed by atoms with van der Waals surface area (Å²) in [5.74, 6) is -0.734. The summed E-state index contributed by atoms with van der Waals surface area (Å²) in [6.45, 7) is 0. The Hall–Kier alpha value is -3.12. The van der Waals surface area contributed by atoms with Gasteiger partial charge in [0.15, 0.2) is 4.34 Å². The number of thioether (sulfide) groups is 1. The maximum absolute atomic E-state index is 13.1. The van der Waals surface area contributed by atoms with Crippen molar-refractivity contribution in [3.05, 3.63) is 59.7 Å². The van der Waals surface area contributed by atoms with Gasteiger partial charge in [0.2, 0.25) is 11.0 Å². The molecule has 1 aromatic heterocycles. The molecule has 12 heteroatoms. The van der Waals surface area contributed by atoms with Crippen molar-refractivity contribution in [2.45, 2.75) is 10.5 Å². The Labute approximate surface area is 183 Å². The number of anilines is 2. The van der Waals surface area contributed by atoms with Gasteiger partial charge in [0.05, 0.1) is 29.7 Å². The fraction of sp³-hybridized carbons (Fsp3) is 0.158. The molecule has 0 aliphatic heterocycles. The van der Waals surface area contributed by atoms with Crippen molar-refractivity contribution in [3.63, 3.8) is 0 Å². The topological polar surface area (TPSA) is 93.2 Å². The summed E-state index contributed by atoms with van der Waals surface area (Å²) in [4.78, 5) is 24.4. The van der Waals surface area contributed by atoms with E-state index in [1.807, 2.05) is 0 Å². The van der Waals surface area contributed by atoms with Crippen LogP contribution in [0.2, 0.25) is 0 Å². The van der Waals surface area contributed by atoms with E-state index in [4.69, 9.17) is 4.74 Å². The number of hydrogen-bond acceptors (Lipinski definition) is 7. The lowest BCUT2D eigenvalue weighted by Crippen LogP contribution is -2.18. The molecule has 7 nitrogen and oxygen atoms in total. The molecule has 0 fully saturated rings. The fourth-order valence-electron chi connectivity index (χ4n) is 2.47. The number of carbonyl (C=O) groups is 2. The Morgan fingerprint density at radius 3 is 2.52 bits per heavy atom. The summed E-state index contributed by atoms with van der Waals surface area (Å²) in [6, 6.07) is 11.4. The lowest BCUT2D eigenvalue weighted by atomic mass is 10.1. The van der Waals surface area contributed by atoms with Gasteiger partial charge in [-0.2, -0.15) is 13.2 Å². The Kier molecular flexibility index (Phi) is 7.13. The van der Waals surface area contributed by atoms with Crippen molar-refractivity contribution < 1.29 is 27.5 Å². The second-order valence-corrected chi connectivity index (χ2v) is 8.11. The standard InChI is InChI=1S/C19H15F3N4O3S2/c1-29-14-9-5-4-8-13(14)23-15(27)10-30-18-26-25-17(31-18)24-16(28)11-6-2-3-7-12(11)19(20,21)22/h2-9H,10H2,1H3,(H,23,27)(H,24,25,28). The first-order chi connectivity index (χ1) is 14.8. The zero-order valence-corrected chi connectivity index (χ0v) is 17.5.